The maximum Gasteiger partial charge on any atom is 0.274 e. The van der Waals surface area contributed by atoms with Crippen molar-refractivity contribution in [2.24, 2.45) is 7.05 Å². The Morgan fingerprint density at radius 3 is 2.60 bits per heavy atom. The molecule has 4 rings (SSSR count). The first-order valence-corrected chi connectivity index (χ1v) is 10.4. The molecule has 1 amide bonds. The molecule has 1 saturated carbocycles. The number of hydrogen-bond acceptors (Lipinski definition) is 6. The maximum absolute atomic E-state index is 13.1. The molecule has 0 spiro atoms. The molecule has 1 aliphatic carbocycles. The molecular weight excluding hydrogens is 384 g/mol. The first-order chi connectivity index (χ1) is 14.5. The van der Waals surface area contributed by atoms with E-state index in [1.165, 1.54) is 0 Å². The second kappa shape index (κ2) is 8.75. The highest BCUT2D eigenvalue weighted by Gasteiger charge is 2.42. The largest absolute Gasteiger partial charge is 0.497 e. The smallest absolute Gasteiger partial charge is 0.274 e. The lowest BCUT2D eigenvalue weighted by Crippen LogP contribution is -2.51. The van der Waals surface area contributed by atoms with Gasteiger partial charge in [0.2, 0.25) is 0 Å². The predicted octanol–water partition coefficient (Wildman–Crippen LogP) is 1.39. The van der Waals surface area contributed by atoms with E-state index in [2.05, 4.69) is 10.00 Å². The molecule has 1 aromatic heterocycles. The van der Waals surface area contributed by atoms with E-state index in [9.17, 15) is 9.90 Å². The molecule has 3 atom stereocenters. The Bertz CT molecular complexity index is 876. The number of hydrogen-bond donors (Lipinski definition) is 1. The van der Waals surface area contributed by atoms with Gasteiger partial charge in [0.25, 0.3) is 5.91 Å². The first kappa shape index (κ1) is 20.8. The van der Waals surface area contributed by atoms with E-state index < -0.39 is 6.10 Å². The van der Waals surface area contributed by atoms with Gasteiger partial charge in [0.1, 0.15) is 5.75 Å². The van der Waals surface area contributed by atoms with Gasteiger partial charge in [-0.2, -0.15) is 5.10 Å². The molecule has 1 N–H and O–H groups in total. The van der Waals surface area contributed by atoms with E-state index in [4.69, 9.17) is 9.47 Å². The number of carbonyl (C=O) groups excluding carboxylic acids is 1. The van der Waals surface area contributed by atoms with Crippen molar-refractivity contribution in [2.45, 2.75) is 31.0 Å². The van der Waals surface area contributed by atoms with Gasteiger partial charge in [-0.1, -0.05) is 0 Å². The molecule has 8 heteroatoms. The van der Waals surface area contributed by atoms with E-state index in [0.717, 1.165) is 42.9 Å². The van der Waals surface area contributed by atoms with Gasteiger partial charge in [0.15, 0.2) is 5.69 Å². The topological polar surface area (TPSA) is 80.1 Å². The molecule has 2 aromatic rings. The van der Waals surface area contributed by atoms with Crippen LogP contribution in [0.1, 0.15) is 23.3 Å². The molecular formula is C22H30N4O4. The van der Waals surface area contributed by atoms with Crippen LogP contribution in [-0.2, 0) is 11.8 Å². The SMILES string of the molecule is COc1ccc(-c2cc(C(=O)N(C)[C@@H]3CC[C@@H](N4CCOCC4)[C@@H]3O)nn2C)cc1. The molecule has 30 heavy (non-hydrogen) atoms. The molecule has 2 fully saturated rings. The minimum atomic E-state index is -0.568. The maximum atomic E-state index is 13.1. The van der Waals surface area contributed by atoms with Crippen molar-refractivity contribution < 1.29 is 19.4 Å². The van der Waals surface area contributed by atoms with Crippen molar-refractivity contribution in [3.05, 3.63) is 36.0 Å². The molecule has 1 saturated heterocycles. The zero-order valence-electron chi connectivity index (χ0n) is 17.8. The van der Waals surface area contributed by atoms with Crippen molar-refractivity contribution in [1.82, 2.24) is 19.6 Å². The molecule has 0 bridgehead atoms. The number of aliphatic hydroxyl groups is 1. The highest BCUT2D eigenvalue weighted by atomic mass is 16.5. The molecule has 2 heterocycles. The first-order valence-electron chi connectivity index (χ1n) is 10.4. The zero-order chi connectivity index (χ0) is 21.3. The van der Waals surface area contributed by atoms with Crippen LogP contribution in [0.4, 0.5) is 0 Å². The molecule has 2 aliphatic rings. The Morgan fingerprint density at radius 1 is 1.23 bits per heavy atom. The standard InChI is InChI=1S/C22H30N4O4/c1-24(18-8-9-19(21(18)27)26-10-12-30-13-11-26)22(28)17-14-20(25(2)23-17)15-4-6-16(29-3)7-5-15/h4-7,14,18-19,21,27H,8-13H2,1-3H3/t18-,19-,21-/m1/s1. The van der Waals surface area contributed by atoms with Gasteiger partial charge in [0, 0.05) is 38.8 Å². The highest BCUT2D eigenvalue weighted by Crippen LogP contribution is 2.30. The van der Waals surface area contributed by atoms with Gasteiger partial charge < -0.3 is 19.5 Å². The molecule has 1 aliphatic heterocycles. The number of carbonyl (C=O) groups is 1. The fourth-order valence-electron chi connectivity index (χ4n) is 4.60. The lowest BCUT2D eigenvalue weighted by Gasteiger charge is -2.36. The fraction of sp³-hybridized carbons (Fsp3) is 0.545. The number of ether oxygens (including phenoxy) is 2. The van der Waals surface area contributed by atoms with Crippen LogP contribution < -0.4 is 4.74 Å². The number of aromatic nitrogens is 2. The average molecular weight is 415 g/mol. The van der Waals surface area contributed by atoms with E-state index in [1.54, 1.807) is 29.8 Å². The summed E-state index contributed by atoms with van der Waals surface area (Å²) in [6, 6.07) is 9.34. The molecule has 0 radical (unpaired) electrons. The molecule has 1 aromatic carbocycles. The van der Waals surface area contributed by atoms with Crippen LogP contribution in [0.2, 0.25) is 0 Å². The third kappa shape index (κ3) is 3.95. The van der Waals surface area contributed by atoms with Crippen LogP contribution in [0.15, 0.2) is 30.3 Å². The summed E-state index contributed by atoms with van der Waals surface area (Å²) in [6.45, 7) is 3.06. The summed E-state index contributed by atoms with van der Waals surface area (Å²) in [6.07, 6.45) is 1.09. The Hall–Kier alpha value is -2.42. The van der Waals surface area contributed by atoms with Gasteiger partial charge in [-0.15, -0.1) is 0 Å². The second-order valence-electron chi connectivity index (χ2n) is 8.03. The van der Waals surface area contributed by atoms with Gasteiger partial charge in [0.05, 0.1) is 38.2 Å². The predicted molar refractivity (Wildman–Crippen MR) is 112 cm³/mol. The molecule has 8 nitrogen and oxygen atoms in total. The Kier molecular flexibility index (Phi) is 6.08. The normalized spacial score (nSPS) is 24.7. The summed E-state index contributed by atoms with van der Waals surface area (Å²) in [5.74, 6) is 0.610. The van der Waals surface area contributed by atoms with E-state index in [-0.39, 0.29) is 18.0 Å². The number of amides is 1. The van der Waals surface area contributed by atoms with Crippen molar-refractivity contribution in [1.29, 1.82) is 0 Å². The fourth-order valence-corrected chi connectivity index (χ4v) is 4.60. The minimum absolute atomic E-state index is 0.0766. The lowest BCUT2D eigenvalue weighted by molar-refractivity contribution is -0.0232. The van der Waals surface area contributed by atoms with Crippen molar-refractivity contribution in [2.75, 3.05) is 40.5 Å². The third-order valence-corrected chi connectivity index (χ3v) is 6.36. The summed E-state index contributed by atoms with van der Waals surface area (Å²) >= 11 is 0. The van der Waals surface area contributed by atoms with Crippen LogP contribution in [0, 0.1) is 0 Å². The van der Waals surface area contributed by atoms with E-state index in [0.29, 0.717) is 18.9 Å². The molecule has 162 valence electrons. The van der Waals surface area contributed by atoms with Crippen LogP contribution in [0.25, 0.3) is 11.3 Å². The summed E-state index contributed by atoms with van der Waals surface area (Å²) in [5, 5.41) is 15.4. The summed E-state index contributed by atoms with van der Waals surface area (Å²) < 4.78 is 12.3. The van der Waals surface area contributed by atoms with Crippen LogP contribution in [0.5, 0.6) is 5.75 Å². The van der Waals surface area contributed by atoms with Crippen molar-refractivity contribution in [3.63, 3.8) is 0 Å². The Labute approximate surface area is 177 Å². The second-order valence-corrected chi connectivity index (χ2v) is 8.03. The monoisotopic (exact) mass is 414 g/mol. The number of aliphatic hydroxyl groups excluding tert-OH is 1. The number of nitrogens with zero attached hydrogens (tertiary/aromatic N) is 4. The number of benzene rings is 1. The van der Waals surface area contributed by atoms with E-state index >= 15 is 0 Å². The van der Waals surface area contributed by atoms with Gasteiger partial charge in [-0.05, 0) is 43.2 Å². The van der Waals surface area contributed by atoms with Crippen molar-refractivity contribution in [3.8, 4) is 17.0 Å². The minimum Gasteiger partial charge on any atom is -0.497 e. The van der Waals surface area contributed by atoms with E-state index in [1.807, 2.05) is 31.3 Å². The lowest BCUT2D eigenvalue weighted by atomic mass is 10.1. The summed E-state index contributed by atoms with van der Waals surface area (Å²) in [7, 11) is 5.22. The quantitative estimate of drug-likeness (QED) is 0.797. The average Bonchev–Trinajstić information content (AvgIpc) is 3.36. The Balaban J connectivity index is 1.47. The van der Waals surface area contributed by atoms with Gasteiger partial charge >= 0.3 is 0 Å². The molecule has 0 unspecified atom stereocenters. The number of morpholine rings is 1. The summed E-state index contributed by atoms with van der Waals surface area (Å²) in [4.78, 5) is 17.1. The van der Waals surface area contributed by atoms with Crippen LogP contribution >= 0.6 is 0 Å². The third-order valence-electron chi connectivity index (χ3n) is 6.36. The highest BCUT2D eigenvalue weighted by molar-refractivity contribution is 5.93. The van der Waals surface area contributed by atoms with Gasteiger partial charge in [-0.25, -0.2) is 0 Å². The number of likely N-dealkylation sites (N-methyl/N-ethyl adjacent to an activating group) is 1. The van der Waals surface area contributed by atoms with Gasteiger partial charge in [-0.3, -0.25) is 14.4 Å². The summed E-state index contributed by atoms with van der Waals surface area (Å²) in [5.41, 5.74) is 2.20. The number of rotatable bonds is 5. The Morgan fingerprint density at radius 2 is 1.93 bits per heavy atom. The number of aryl methyl sites for hydroxylation is 1. The van der Waals surface area contributed by atoms with Crippen LogP contribution in [-0.4, -0.2) is 89.2 Å². The van der Waals surface area contributed by atoms with Crippen LogP contribution in [0.3, 0.4) is 0 Å². The van der Waals surface area contributed by atoms with Crippen molar-refractivity contribution >= 4 is 5.91 Å². The number of methoxy groups -OCH3 is 1. The zero-order valence-corrected chi connectivity index (χ0v) is 17.8.